The van der Waals surface area contributed by atoms with E-state index in [9.17, 15) is 21.6 Å². The Hall–Kier alpha value is -2.10. The van der Waals surface area contributed by atoms with Crippen LogP contribution in [0.2, 0.25) is 10.0 Å². The summed E-state index contributed by atoms with van der Waals surface area (Å²) in [4.78, 5) is 7.90. The van der Waals surface area contributed by atoms with Gasteiger partial charge in [0.1, 0.15) is 0 Å². The highest BCUT2D eigenvalue weighted by atomic mass is 35.5. The predicted octanol–water partition coefficient (Wildman–Crippen LogP) is 4.62. The summed E-state index contributed by atoms with van der Waals surface area (Å²) >= 11 is 12.0. The third-order valence-corrected chi connectivity index (χ3v) is 5.34. The first-order chi connectivity index (χ1) is 12.1. The number of hydrogen-bond donors (Lipinski definition) is 0. The lowest BCUT2D eigenvalue weighted by Crippen LogP contribution is -2.29. The van der Waals surface area contributed by atoms with Crippen LogP contribution in [0.5, 0.6) is 0 Å². The van der Waals surface area contributed by atoms with Crippen molar-refractivity contribution in [2.75, 3.05) is 0 Å². The fraction of sp³-hybridized carbons (Fsp3) is 0.0667. The van der Waals surface area contributed by atoms with E-state index in [1.54, 1.807) is 0 Å². The Kier molecular flexibility index (Phi) is 4.72. The van der Waals surface area contributed by atoms with E-state index in [2.05, 4.69) is 9.97 Å². The van der Waals surface area contributed by atoms with Crippen LogP contribution < -0.4 is 0 Å². The summed E-state index contributed by atoms with van der Waals surface area (Å²) in [7, 11) is -5.66. The van der Waals surface area contributed by atoms with Crippen molar-refractivity contribution in [3.8, 4) is 22.6 Å². The maximum atomic E-state index is 12.9. The van der Waals surface area contributed by atoms with Crippen molar-refractivity contribution in [2.24, 2.45) is 0 Å². The lowest BCUT2D eigenvalue weighted by Gasteiger charge is -2.14. The molecule has 0 saturated carbocycles. The second-order valence-electron chi connectivity index (χ2n) is 5.02. The Morgan fingerprint density at radius 1 is 1.00 bits per heavy atom. The first-order valence-electron chi connectivity index (χ1n) is 6.89. The summed E-state index contributed by atoms with van der Waals surface area (Å²) in [6.07, 6.45) is 3.08. The number of alkyl halides is 3. The molecule has 0 bridgehead atoms. The summed E-state index contributed by atoms with van der Waals surface area (Å²) in [5.74, 6) is -0.434. The smallest absolute Gasteiger partial charge is 0.255 e. The normalized spacial score (nSPS) is 12.3. The topological polar surface area (TPSA) is 64.8 Å². The molecule has 3 aromatic rings. The van der Waals surface area contributed by atoms with Gasteiger partial charge in [-0.2, -0.15) is 21.6 Å². The van der Waals surface area contributed by atoms with E-state index in [4.69, 9.17) is 23.2 Å². The van der Waals surface area contributed by atoms with Crippen LogP contribution in [-0.2, 0) is 10.0 Å². The summed E-state index contributed by atoms with van der Waals surface area (Å²) in [6, 6.07) is 7.35. The Bertz CT molecular complexity index is 1080. The fourth-order valence-electron chi connectivity index (χ4n) is 2.27. The summed E-state index contributed by atoms with van der Waals surface area (Å²) in [5.41, 5.74) is -4.89. The van der Waals surface area contributed by atoms with E-state index in [0.717, 1.165) is 12.4 Å². The van der Waals surface area contributed by atoms with Gasteiger partial charge in [-0.1, -0.05) is 23.2 Å². The lowest BCUT2D eigenvalue weighted by molar-refractivity contribution is -0.0445. The third-order valence-electron chi connectivity index (χ3n) is 3.39. The minimum absolute atomic E-state index is 0.0644. The summed E-state index contributed by atoms with van der Waals surface area (Å²) in [6.45, 7) is 0. The van der Waals surface area contributed by atoms with E-state index in [0.29, 0.717) is 10.6 Å². The van der Waals surface area contributed by atoms with Gasteiger partial charge >= 0.3 is 15.5 Å². The molecule has 5 nitrogen and oxygen atoms in total. The van der Waals surface area contributed by atoms with E-state index in [1.807, 2.05) is 0 Å². The molecule has 136 valence electrons. The first-order valence-corrected chi connectivity index (χ1v) is 9.08. The summed E-state index contributed by atoms with van der Waals surface area (Å²) in [5, 5.41) is 0.562. The van der Waals surface area contributed by atoms with Crippen LogP contribution in [0.15, 0.2) is 48.9 Å². The minimum atomic E-state index is -5.66. The number of hydrogen-bond acceptors (Lipinski definition) is 4. The van der Waals surface area contributed by atoms with Crippen LogP contribution in [0.1, 0.15) is 0 Å². The second-order valence-corrected chi connectivity index (χ2v) is 7.67. The first kappa shape index (κ1) is 18.7. The van der Waals surface area contributed by atoms with E-state index in [1.165, 1.54) is 36.5 Å². The van der Waals surface area contributed by atoms with Crippen molar-refractivity contribution >= 4 is 33.2 Å². The van der Waals surface area contributed by atoms with Gasteiger partial charge in [0, 0.05) is 34.7 Å². The van der Waals surface area contributed by atoms with Crippen molar-refractivity contribution < 1.29 is 21.6 Å². The summed E-state index contributed by atoms with van der Waals surface area (Å²) < 4.78 is 62.5. The van der Waals surface area contributed by atoms with Gasteiger partial charge in [0.2, 0.25) is 0 Å². The average molecular weight is 422 g/mol. The number of nitrogens with zero attached hydrogens (tertiary/aromatic N) is 3. The largest absolute Gasteiger partial charge is 0.517 e. The molecule has 26 heavy (non-hydrogen) atoms. The molecular weight excluding hydrogens is 414 g/mol. The number of imidazole rings is 1. The molecule has 0 saturated heterocycles. The van der Waals surface area contributed by atoms with Gasteiger partial charge in [-0.3, -0.25) is 4.98 Å². The SMILES string of the molecule is O=S(=O)(n1ccnc1-c1cccnc1-c1ccc(Cl)cc1Cl)C(F)(F)F. The van der Waals surface area contributed by atoms with Crippen molar-refractivity contribution in [3.05, 3.63) is 59.0 Å². The van der Waals surface area contributed by atoms with E-state index < -0.39 is 21.4 Å². The monoisotopic (exact) mass is 421 g/mol. The molecule has 0 atom stereocenters. The molecule has 2 aromatic heterocycles. The standard InChI is InChI=1S/C15H8Cl2F3N3O2S/c16-9-3-4-10(12(17)8-9)13-11(2-1-5-21-13)14-22-6-7-23(14)26(24,25)15(18,19)20/h1-8H. The highest BCUT2D eigenvalue weighted by Crippen LogP contribution is 2.36. The van der Waals surface area contributed by atoms with Crippen LogP contribution in [0.4, 0.5) is 13.2 Å². The highest BCUT2D eigenvalue weighted by molar-refractivity contribution is 7.90. The molecule has 1 aromatic carbocycles. The average Bonchev–Trinajstić information content (AvgIpc) is 3.04. The Balaban J connectivity index is 2.25. The number of pyridine rings is 1. The van der Waals surface area contributed by atoms with Gasteiger partial charge in [-0.15, -0.1) is 0 Å². The molecule has 0 N–H and O–H groups in total. The molecule has 0 radical (unpaired) electrons. The zero-order chi connectivity index (χ0) is 19.1. The molecule has 0 aliphatic heterocycles. The van der Waals surface area contributed by atoms with Crippen molar-refractivity contribution in [1.29, 1.82) is 0 Å². The molecular formula is C15H8Cl2F3N3O2S. The predicted molar refractivity (Wildman–Crippen MR) is 91.3 cm³/mol. The lowest BCUT2D eigenvalue weighted by atomic mass is 10.1. The number of benzene rings is 1. The van der Waals surface area contributed by atoms with E-state index >= 15 is 0 Å². The molecule has 11 heteroatoms. The van der Waals surface area contributed by atoms with Crippen LogP contribution in [0, 0.1) is 0 Å². The fourth-order valence-corrected chi connectivity index (χ4v) is 3.58. The second kappa shape index (κ2) is 6.57. The van der Waals surface area contributed by atoms with Gasteiger partial charge < -0.3 is 0 Å². The Morgan fingerprint density at radius 3 is 2.38 bits per heavy atom. The molecule has 0 spiro atoms. The van der Waals surface area contributed by atoms with Crippen molar-refractivity contribution in [1.82, 2.24) is 13.9 Å². The maximum Gasteiger partial charge on any atom is 0.517 e. The number of halogens is 5. The maximum absolute atomic E-state index is 12.9. The molecule has 0 aliphatic carbocycles. The van der Waals surface area contributed by atoms with Crippen LogP contribution in [-0.4, -0.2) is 27.9 Å². The zero-order valence-corrected chi connectivity index (χ0v) is 14.9. The van der Waals surface area contributed by atoms with Gasteiger partial charge in [0.15, 0.2) is 5.82 Å². The zero-order valence-electron chi connectivity index (χ0n) is 12.6. The Labute approximate surface area is 156 Å². The molecule has 0 fully saturated rings. The van der Waals surface area contributed by atoms with Crippen molar-refractivity contribution in [2.45, 2.75) is 5.51 Å². The molecule has 0 aliphatic rings. The van der Waals surface area contributed by atoms with Crippen LogP contribution >= 0.6 is 23.2 Å². The third kappa shape index (κ3) is 3.17. The van der Waals surface area contributed by atoms with Gasteiger partial charge in [0.25, 0.3) is 0 Å². The van der Waals surface area contributed by atoms with Crippen LogP contribution in [0.3, 0.4) is 0 Å². The quantitative estimate of drug-likeness (QED) is 0.618. The Morgan fingerprint density at radius 2 is 1.73 bits per heavy atom. The molecule has 0 amide bonds. The highest BCUT2D eigenvalue weighted by Gasteiger charge is 2.48. The van der Waals surface area contributed by atoms with Crippen LogP contribution in [0.25, 0.3) is 22.6 Å². The van der Waals surface area contributed by atoms with Gasteiger partial charge in [-0.25, -0.2) is 8.96 Å². The molecule has 3 rings (SSSR count). The number of rotatable bonds is 3. The number of aromatic nitrogens is 3. The van der Waals surface area contributed by atoms with E-state index in [-0.39, 0.29) is 20.3 Å². The molecule has 2 heterocycles. The molecule has 0 unspecified atom stereocenters. The van der Waals surface area contributed by atoms with Crippen molar-refractivity contribution in [3.63, 3.8) is 0 Å². The minimum Gasteiger partial charge on any atom is -0.255 e. The van der Waals surface area contributed by atoms with Gasteiger partial charge in [0.05, 0.1) is 10.7 Å². The van der Waals surface area contributed by atoms with Gasteiger partial charge in [-0.05, 0) is 30.3 Å².